The Bertz CT molecular complexity index is 640. The molecule has 10 heteroatoms. The predicted molar refractivity (Wildman–Crippen MR) is 79.6 cm³/mol. The number of nitrogen functional groups attached to an aromatic ring is 1. The second-order valence-corrected chi connectivity index (χ2v) is 5.36. The monoisotopic (exact) mass is 307 g/mol. The molecule has 0 atom stereocenters. The Labute approximate surface area is 124 Å². The van der Waals surface area contributed by atoms with E-state index in [9.17, 15) is 10.1 Å². The van der Waals surface area contributed by atoms with Gasteiger partial charge in [-0.3, -0.25) is 10.1 Å². The molecule has 1 aliphatic rings. The van der Waals surface area contributed by atoms with Crippen LogP contribution >= 0.6 is 11.3 Å². The van der Waals surface area contributed by atoms with Gasteiger partial charge in [0.2, 0.25) is 11.8 Å². The maximum atomic E-state index is 10.7. The Hall–Kier alpha value is -2.49. The highest BCUT2D eigenvalue weighted by Gasteiger charge is 2.22. The highest BCUT2D eigenvalue weighted by Crippen LogP contribution is 2.23. The lowest BCUT2D eigenvalue weighted by atomic mass is 10.3. The SMILES string of the molecule is Nc1nc(N2CCN(c3nccs3)CC2)ncc1[N+](=O)[O-]. The smallest absolute Gasteiger partial charge is 0.329 e. The van der Waals surface area contributed by atoms with Crippen LogP contribution in [0.2, 0.25) is 0 Å². The van der Waals surface area contributed by atoms with Crippen molar-refractivity contribution in [3.05, 3.63) is 27.9 Å². The van der Waals surface area contributed by atoms with Crippen molar-refractivity contribution in [1.82, 2.24) is 15.0 Å². The predicted octanol–water partition coefficient (Wildman–Crippen LogP) is 0.750. The van der Waals surface area contributed by atoms with Crippen LogP contribution in [0.25, 0.3) is 0 Å². The van der Waals surface area contributed by atoms with Gasteiger partial charge in [-0.1, -0.05) is 0 Å². The molecular formula is C11H13N7O2S. The first kappa shape index (κ1) is 13.5. The lowest BCUT2D eigenvalue weighted by Crippen LogP contribution is -2.47. The third-order valence-electron chi connectivity index (χ3n) is 3.23. The molecule has 1 aliphatic heterocycles. The minimum absolute atomic E-state index is 0.104. The van der Waals surface area contributed by atoms with Crippen LogP contribution in [0.1, 0.15) is 0 Å². The van der Waals surface area contributed by atoms with Crippen molar-refractivity contribution in [3.8, 4) is 0 Å². The van der Waals surface area contributed by atoms with Gasteiger partial charge in [-0.2, -0.15) is 4.98 Å². The van der Waals surface area contributed by atoms with Crippen LogP contribution in [0.4, 0.5) is 22.6 Å². The number of thiazole rings is 1. The van der Waals surface area contributed by atoms with Crippen molar-refractivity contribution in [3.63, 3.8) is 0 Å². The average molecular weight is 307 g/mol. The number of hydrogen-bond acceptors (Lipinski definition) is 9. The number of anilines is 3. The Morgan fingerprint density at radius 1 is 1.24 bits per heavy atom. The molecule has 0 aliphatic carbocycles. The first-order chi connectivity index (χ1) is 10.1. The number of piperazine rings is 1. The number of hydrogen-bond donors (Lipinski definition) is 1. The average Bonchev–Trinajstić information content (AvgIpc) is 3.01. The van der Waals surface area contributed by atoms with Crippen molar-refractivity contribution in [2.75, 3.05) is 41.7 Å². The van der Waals surface area contributed by atoms with E-state index in [1.54, 1.807) is 17.5 Å². The van der Waals surface area contributed by atoms with Gasteiger partial charge in [-0.25, -0.2) is 9.97 Å². The van der Waals surface area contributed by atoms with Crippen molar-refractivity contribution in [2.24, 2.45) is 0 Å². The highest BCUT2D eigenvalue weighted by molar-refractivity contribution is 7.13. The van der Waals surface area contributed by atoms with Gasteiger partial charge in [-0.05, 0) is 0 Å². The maximum Gasteiger partial charge on any atom is 0.329 e. The van der Waals surface area contributed by atoms with E-state index >= 15 is 0 Å². The Morgan fingerprint density at radius 3 is 2.52 bits per heavy atom. The standard InChI is InChI=1S/C11H13N7O2S/c12-9-8(18(19)20)7-14-10(15-9)16-2-4-17(5-3-16)11-13-1-6-21-11/h1,6-7H,2-5H2,(H2,12,14,15). The van der Waals surface area contributed by atoms with Crippen LogP contribution in [-0.2, 0) is 0 Å². The molecule has 0 radical (unpaired) electrons. The normalized spacial score (nSPS) is 15.2. The van der Waals surface area contributed by atoms with Crippen molar-refractivity contribution < 1.29 is 4.92 Å². The van der Waals surface area contributed by atoms with Gasteiger partial charge in [0.15, 0.2) is 5.13 Å². The molecule has 110 valence electrons. The number of nitrogens with zero attached hydrogens (tertiary/aromatic N) is 6. The topological polar surface area (TPSA) is 114 Å². The molecule has 0 amide bonds. The van der Waals surface area contributed by atoms with Crippen molar-refractivity contribution >= 4 is 33.9 Å². The number of nitro groups is 1. The fraction of sp³-hybridized carbons (Fsp3) is 0.364. The van der Waals surface area contributed by atoms with Gasteiger partial charge in [-0.15, -0.1) is 11.3 Å². The van der Waals surface area contributed by atoms with E-state index in [-0.39, 0.29) is 11.5 Å². The van der Waals surface area contributed by atoms with E-state index in [0.717, 1.165) is 37.5 Å². The van der Waals surface area contributed by atoms with Crippen molar-refractivity contribution in [1.29, 1.82) is 0 Å². The molecule has 3 rings (SSSR count). The van der Waals surface area contributed by atoms with Crippen LogP contribution in [0.15, 0.2) is 17.8 Å². The second-order valence-electron chi connectivity index (χ2n) is 4.49. The van der Waals surface area contributed by atoms with Crippen LogP contribution < -0.4 is 15.5 Å². The number of aromatic nitrogens is 3. The lowest BCUT2D eigenvalue weighted by molar-refractivity contribution is -0.384. The van der Waals surface area contributed by atoms with Gasteiger partial charge in [0, 0.05) is 37.8 Å². The molecule has 1 saturated heterocycles. The summed E-state index contributed by atoms with van der Waals surface area (Å²) in [7, 11) is 0. The minimum Gasteiger partial charge on any atom is -0.378 e. The molecule has 0 saturated carbocycles. The van der Waals surface area contributed by atoms with Gasteiger partial charge in [0.05, 0.1) is 4.92 Å². The fourth-order valence-corrected chi connectivity index (χ4v) is 2.84. The van der Waals surface area contributed by atoms with Crippen LogP contribution in [0, 0.1) is 10.1 Å². The number of rotatable bonds is 3. The minimum atomic E-state index is -0.584. The molecule has 0 bridgehead atoms. The van der Waals surface area contributed by atoms with Gasteiger partial charge in [0.1, 0.15) is 6.20 Å². The lowest BCUT2D eigenvalue weighted by Gasteiger charge is -2.34. The van der Waals surface area contributed by atoms with Crippen LogP contribution in [-0.4, -0.2) is 46.1 Å². The molecule has 0 aromatic carbocycles. The summed E-state index contributed by atoms with van der Waals surface area (Å²) in [4.78, 5) is 26.6. The third-order valence-corrected chi connectivity index (χ3v) is 4.07. The molecule has 2 N–H and O–H groups in total. The Balaban J connectivity index is 1.69. The fourth-order valence-electron chi connectivity index (χ4n) is 2.14. The second kappa shape index (κ2) is 5.48. The molecule has 3 heterocycles. The molecule has 21 heavy (non-hydrogen) atoms. The molecule has 0 spiro atoms. The van der Waals surface area contributed by atoms with Gasteiger partial charge < -0.3 is 15.5 Å². The van der Waals surface area contributed by atoms with E-state index in [0.29, 0.717) is 5.95 Å². The summed E-state index contributed by atoms with van der Waals surface area (Å²) in [6.07, 6.45) is 2.94. The van der Waals surface area contributed by atoms with Crippen LogP contribution in [0.3, 0.4) is 0 Å². The Kier molecular flexibility index (Phi) is 3.52. The quantitative estimate of drug-likeness (QED) is 0.652. The third kappa shape index (κ3) is 2.70. The van der Waals surface area contributed by atoms with Gasteiger partial charge in [0.25, 0.3) is 0 Å². The number of nitrogens with two attached hydrogens (primary N) is 1. The highest BCUT2D eigenvalue weighted by atomic mass is 32.1. The molecule has 0 unspecified atom stereocenters. The van der Waals surface area contributed by atoms with Crippen molar-refractivity contribution in [2.45, 2.75) is 0 Å². The summed E-state index contributed by atoms with van der Waals surface area (Å²) in [5.74, 6) is 0.323. The van der Waals surface area contributed by atoms with E-state index < -0.39 is 4.92 Å². The zero-order valence-corrected chi connectivity index (χ0v) is 11.9. The summed E-state index contributed by atoms with van der Waals surface area (Å²) in [6, 6.07) is 0. The van der Waals surface area contributed by atoms with E-state index in [1.807, 2.05) is 10.3 Å². The first-order valence-corrected chi connectivity index (χ1v) is 7.19. The maximum absolute atomic E-state index is 10.7. The van der Waals surface area contributed by atoms with E-state index in [1.165, 1.54) is 0 Å². The van der Waals surface area contributed by atoms with Crippen LogP contribution in [0.5, 0.6) is 0 Å². The zero-order chi connectivity index (χ0) is 14.8. The molecular weight excluding hydrogens is 294 g/mol. The summed E-state index contributed by atoms with van der Waals surface area (Å²) in [5, 5.41) is 13.6. The largest absolute Gasteiger partial charge is 0.378 e. The summed E-state index contributed by atoms with van der Waals surface area (Å²) >= 11 is 1.60. The molecule has 1 fully saturated rings. The summed E-state index contributed by atoms with van der Waals surface area (Å²) in [6.45, 7) is 3.04. The van der Waals surface area contributed by atoms with E-state index in [4.69, 9.17) is 5.73 Å². The van der Waals surface area contributed by atoms with Gasteiger partial charge >= 0.3 is 5.69 Å². The summed E-state index contributed by atoms with van der Waals surface area (Å²) in [5.41, 5.74) is 5.33. The molecule has 2 aromatic rings. The molecule has 2 aromatic heterocycles. The zero-order valence-electron chi connectivity index (χ0n) is 11.0. The van der Waals surface area contributed by atoms with E-state index in [2.05, 4.69) is 19.9 Å². The first-order valence-electron chi connectivity index (χ1n) is 6.31. The summed E-state index contributed by atoms with van der Waals surface area (Å²) < 4.78 is 0. The molecule has 9 nitrogen and oxygen atoms in total. The Morgan fingerprint density at radius 2 is 1.95 bits per heavy atom.